The van der Waals surface area contributed by atoms with E-state index < -0.39 is 0 Å². The zero-order valence-corrected chi connectivity index (χ0v) is 34.4. The van der Waals surface area contributed by atoms with E-state index in [-0.39, 0.29) is 0 Å². The molecule has 0 aliphatic carbocycles. The van der Waals surface area contributed by atoms with Crippen molar-refractivity contribution in [3.8, 4) is 73.0 Å². The van der Waals surface area contributed by atoms with Crippen molar-refractivity contribution in [3.05, 3.63) is 237 Å². The SMILES string of the molecule is c1ccc(-c2ccc3c(c2)c2cc(-c4ccccc4)ccc2n3-c2ccc(-c3ccc4ccc(-c5nc(-c6ccccc6)cc(-c6ccccc6)n5)cc4c3)c3ccccc23)cc1. The molecule has 63 heavy (non-hydrogen) atoms. The van der Waals surface area contributed by atoms with Crippen molar-refractivity contribution in [3.63, 3.8) is 0 Å². The van der Waals surface area contributed by atoms with Crippen LogP contribution in [0.2, 0.25) is 0 Å². The second-order valence-corrected chi connectivity index (χ2v) is 16.2. The Morgan fingerprint density at radius 2 is 0.730 bits per heavy atom. The first-order valence-electron chi connectivity index (χ1n) is 21.5. The molecule has 3 heteroatoms. The number of benzene rings is 10. The van der Waals surface area contributed by atoms with Crippen molar-refractivity contribution in [2.45, 2.75) is 0 Å². The predicted octanol–water partition coefficient (Wildman–Crippen LogP) is 15.9. The minimum Gasteiger partial charge on any atom is -0.309 e. The van der Waals surface area contributed by atoms with Gasteiger partial charge in [-0.3, -0.25) is 0 Å². The molecule has 0 saturated heterocycles. The highest BCUT2D eigenvalue weighted by molar-refractivity contribution is 6.13. The molecule has 0 spiro atoms. The van der Waals surface area contributed by atoms with Crippen molar-refractivity contribution in [2.24, 2.45) is 0 Å². The van der Waals surface area contributed by atoms with Crippen molar-refractivity contribution >= 4 is 43.4 Å². The first-order chi connectivity index (χ1) is 31.2. The average molecular weight is 802 g/mol. The number of hydrogen-bond acceptors (Lipinski definition) is 2. The van der Waals surface area contributed by atoms with Crippen LogP contribution < -0.4 is 0 Å². The van der Waals surface area contributed by atoms with Gasteiger partial charge >= 0.3 is 0 Å². The van der Waals surface area contributed by atoms with Gasteiger partial charge in [0.25, 0.3) is 0 Å². The van der Waals surface area contributed by atoms with Gasteiger partial charge in [0, 0.05) is 32.8 Å². The summed E-state index contributed by atoms with van der Waals surface area (Å²) in [6.07, 6.45) is 0. The Labute approximate surface area is 365 Å². The first-order valence-corrected chi connectivity index (χ1v) is 21.5. The highest BCUT2D eigenvalue weighted by Crippen LogP contribution is 2.41. The summed E-state index contributed by atoms with van der Waals surface area (Å²) < 4.78 is 2.46. The minimum atomic E-state index is 0.704. The quantitative estimate of drug-likeness (QED) is 0.161. The number of nitrogens with zero attached hydrogens (tertiary/aromatic N) is 3. The minimum absolute atomic E-state index is 0.704. The van der Waals surface area contributed by atoms with Crippen molar-refractivity contribution in [2.75, 3.05) is 0 Å². The molecule has 0 radical (unpaired) electrons. The van der Waals surface area contributed by atoms with E-state index in [2.05, 4.69) is 229 Å². The van der Waals surface area contributed by atoms with Crippen LogP contribution in [0.4, 0.5) is 0 Å². The van der Waals surface area contributed by atoms with Crippen LogP contribution in [-0.4, -0.2) is 14.5 Å². The fourth-order valence-electron chi connectivity index (χ4n) is 9.28. The molecule has 0 aliphatic rings. The normalized spacial score (nSPS) is 11.5. The Morgan fingerprint density at radius 3 is 1.29 bits per heavy atom. The molecule has 0 aliphatic heterocycles. The third-order valence-corrected chi connectivity index (χ3v) is 12.4. The molecule has 3 nitrogen and oxygen atoms in total. The fourth-order valence-corrected chi connectivity index (χ4v) is 9.28. The van der Waals surface area contributed by atoms with Gasteiger partial charge in [-0.15, -0.1) is 0 Å². The maximum Gasteiger partial charge on any atom is 0.160 e. The van der Waals surface area contributed by atoms with Crippen LogP contribution in [0, 0.1) is 0 Å². The first kappa shape index (κ1) is 36.5. The molecule has 2 heterocycles. The van der Waals surface area contributed by atoms with Crippen LogP contribution in [0.25, 0.3) is 116 Å². The van der Waals surface area contributed by atoms with Crippen LogP contribution in [0.15, 0.2) is 237 Å². The van der Waals surface area contributed by atoms with Crippen LogP contribution in [0.1, 0.15) is 0 Å². The molecule has 10 aromatic carbocycles. The largest absolute Gasteiger partial charge is 0.309 e. The summed E-state index contributed by atoms with van der Waals surface area (Å²) >= 11 is 0. The molecule has 0 bridgehead atoms. The number of aromatic nitrogens is 3. The lowest BCUT2D eigenvalue weighted by Gasteiger charge is -2.16. The van der Waals surface area contributed by atoms with E-state index in [4.69, 9.17) is 9.97 Å². The Hall–Kier alpha value is -8.40. The van der Waals surface area contributed by atoms with Gasteiger partial charge in [0.05, 0.1) is 28.1 Å². The van der Waals surface area contributed by atoms with E-state index in [0.717, 1.165) is 44.7 Å². The van der Waals surface area contributed by atoms with E-state index >= 15 is 0 Å². The number of fused-ring (bicyclic) bond motifs is 5. The summed E-state index contributed by atoms with van der Waals surface area (Å²) in [5.74, 6) is 0.704. The average Bonchev–Trinajstić information content (AvgIpc) is 3.69. The van der Waals surface area contributed by atoms with Crippen LogP contribution >= 0.6 is 0 Å². The van der Waals surface area contributed by atoms with E-state index in [9.17, 15) is 0 Å². The van der Waals surface area contributed by atoms with Crippen molar-refractivity contribution < 1.29 is 0 Å². The van der Waals surface area contributed by atoms with Gasteiger partial charge in [-0.2, -0.15) is 0 Å². The Kier molecular flexibility index (Phi) is 8.83. The molecule has 0 amide bonds. The molecule has 12 rings (SSSR count). The third kappa shape index (κ3) is 6.55. The summed E-state index contributed by atoms with van der Waals surface area (Å²) in [5, 5.41) is 7.17. The third-order valence-electron chi connectivity index (χ3n) is 12.4. The second kappa shape index (κ2) is 15.3. The lowest BCUT2D eigenvalue weighted by atomic mass is 9.94. The van der Waals surface area contributed by atoms with Crippen LogP contribution in [-0.2, 0) is 0 Å². The maximum atomic E-state index is 5.13. The Bertz CT molecular complexity index is 3500. The Balaban J connectivity index is 0.997. The molecular weight excluding hydrogens is 763 g/mol. The predicted molar refractivity (Wildman–Crippen MR) is 264 cm³/mol. The molecule has 2 aromatic heterocycles. The van der Waals surface area contributed by atoms with Gasteiger partial charge in [0.15, 0.2) is 5.82 Å². The highest BCUT2D eigenvalue weighted by atomic mass is 15.0. The topological polar surface area (TPSA) is 30.7 Å². The smallest absolute Gasteiger partial charge is 0.160 e. The van der Waals surface area contributed by atoms with Gasteiger partial charge in [-0.05, 0) is 98.1 Å². The molecule has 0 fully saturated rings. The standard InChI is InChI=1S/C60H39N3/c1-5-15-40(16-6-1)45-29-32-58-53(37-45)54-38-46(41-17-7-2-8-18-41)30-33-59(54)63(58)57-34-31-50(51-23-13-14-24-52(51)57)47-27-25-42-26-28-48(36-49(42)35-47)60-61-55(43-19-9-3-10-20-43)39-56(62-60)44-21-11-4-12-22-44/h1-39H. The van der Waals surface area contributed by atoms with E-state index in [1.807, 2.05) is 12.1 Å². The maximum absolute atomic E-state index is 5.13. The molecule has 12 aromatic rings. The molecule has 0 unspecified atom stereocenters. The van der Waals surface area contributed by atoms with E-state index in [1.54, 1.807) is 0 Å². The van der Waals surface area contributed by atoms with Gasteiger partial charge < -0.3 is 4.57 Å². The van der Waals surface area contributed by atoms with Crippen molar-refractivity contribution in [1.29, 1.82) is 0 Å². The lowest BCUT2D eigenvalue weighted by Crippen LogP contribution is -1.97. The summed E-state index contributed by atoms with van der Waals surface area (Å²) in [6.45, 7) is 0. The highest BCUT2D eigenvalue weighted by Gasteiger charge is 2.18. The summed E-state index contributed by atoms with van der Waals surface area (Å²) in [4.78, 5) is 10.3. The Morgan fingerprint density at radius 1 is 0.270 bits per heavy atom. The monoisotopic (exact) mass is 801 g/mol. The molecule has 0 N–H and O–H groups in total. The van der Waals surface area contributed by atoms with Crippen molar-refractivity contribution in [1.82, 2.24) is 14.5 Å². The summed E-state index contributed by atoms with van der Waals surface area (Å²) in [7, 11) is 0. The summed E-state index contributed by atoms with van der Waals surface area (Å²) in [6, 6.07) is 84.8. The van der Waals surface area contributed by atoms with E-state index in [0.29, 0.717) is 5.82 Å². The second-order valence-electron chi connectivity index (χ2n) is 16.2. The van der Waals surface area contributed by atoms with Crippen LogP contribution in [0.5, 0.6) is 0 Å². The zero-order valence-electron chi connectivity index (χ0n) is 34.4. The van der Waals surface area contributed by atoms with Gasteiger partial charge in [0.2, 0.25) is 0 Å². The van der Waals surface area contributed by atoms with Gasteiger partial charge in [0.1, 0.15) is 0 Å². The molecule has 0 atom stereocenters. The van der Waals surface area contributed by atoms with Gasteiger partial charge in [-0.1, -0.05) is 188 Å². The molecular formula is C60H39N3. The molecule has 0 saturated carbocycles. The number of hydrogen-bond donors (Lipinski definition) is 0. The fraction of sp³-hybridized carbons (Fsp3) is 0. The molecule has 294 valence electrons. The summed E-state index contributed by atoms with van der Waals surface area (Å²) in [5.41, 5.74) is 15.6. The van der Waals surface area contributed by atoms with Crippen LogP contribution in [0.3, 0.4) is 0 Å². The van der Waals surface area contributed by atoms with Gasteiger partial charge in [-0.25, -0.2) is 9.97 Å². The zero-order chi connectivity index (χ0) is 41.7. The van der Waals surface area contributed by atoms with E-state index in [1.165, 1.54) is 65.8 Å². The lowest BCUT2D eigenvalue weighted by molar-refractivity contribution is 1.18. The number of rotatable bonds is 7.